The fourth-order valence-corrected chi connectivity index (χ4v) is 2.13. The van der Waals surface area contributed by atoms with Crippen molar-refractivity contribution in [1.29, 1.82) is 0 Å². The lowest BCUT2D eigenvalue weighted by Gasteiger charge is -2.12. The summed E-state index contributed by atoms with van der Waals surface area (Å²) in [5.74, 6) is 2.39. The molecule has 17 heavy (non-hydrogen) atoms. The maximum absolute atomic E-state index is 5.26. The molecule has 0 aliphatic carbocycles. The summed E-state index contributed by atoms with van der Waals surface area (Å²) in [6, 6.07) is 0.436. The van der Waals surface area contributed by atoms with Crippen LogP contribution in [0.4, 0.5) is 0 Å². The van der Waals surface area contributed by atoms with Gasteiger partial charge in [-0.05, 0) is 18.2 Å². The van der Waals surface area contributed by atoms with E-state index in [0.717, 1.165) is 36.9 Å². The van der Waals surface area contributed by atoms with Crippen molar-refractivity contribution in [1.82, 2.24) is 15.5 Å². The van der Waals surface area contributed by atoms with Crippen LogP contribution in [0.2, 0.25) is 0 Å². The Bertz CT molecular complexity index is 314. The van der Waals surface area contributed by atoms with Gasteiger partial charge in [0, 0.05) is 12.5 Å². The maximum Gasteiger partial charge on any atom is 0.228 e. The molecule has 0 aliphatic rings. The standard InChI is InChI=1S/C12H23N3OS/c1-5-10(13-6-2)7-12-14-11(15-16-12)8-17-9(3)4/h9-10,13H,5-8H2,1-4H3. The van der Waals surface area contributed by atoms with Crippen molar-refractivity contribution < 1.29 is 4.52 Å². The van der Waals surface area contributed by atoms with E-state index < -0.39 is 0 Å². The van der Waals surface area contributed by atoms with Crippen molar-refractivity contribution >= 4 is 11.8 Å². The Hall–Kier alpha value is -0.550. The minimum atomic E-state index is 0.436. The SMILES string of the molecule is CCNC(CC)Cc1nc(CSC(C)C)no1. The maximum atomic E-state index is 5.26. The van der Waals surface area contributed by atoms with Crippen LogP contribution in [0, 0.1) is 0 Å². The topological polar surface area (TPSA) is 51.0 Å². The fourth-order valence-electron chi connectivity index (χ4n) is 1.53. The molecule has 0 radical (unpaired) electrons. The van der Waals surface area contributed by atoms with Gasteiger partial charge in [0.05, 0.1) is 5.75 Å². The highest BCUT2D eigenvalue weighted by Gasteiger charge is 2.12. The summed E-state index contributed by atoms with van der Waals surface area (Å²) in [7, 11) is 0. The molecule has 1 unspecified atom stereocenters. The zero-order valence-electron chi connectivity index (χ0n) is 11.2. The van der Waals surface area contributed by atoms with Gasteiger partial charge in [0.2, 0.25) is 5.89 Å². The van der Waals surface area contributed by atoms with Crippen molar-refractivity contribution in [3.8, 4) is 0 Å². The summed E-state index contributed by atoms with van der Waals surface area (Å²) in [6.45, 7) is 9.59. The summed E-state index contributed by atoms with van der Waals surface area (Å²) in [6.07, 6.45) is 1.90. The lowest BCUT2D eigenvalue weighted by molar-refractivity contribution is 0.352. The first kappa shape index (κ1) is 14.5. The van der Waals surface area contributed by atoms with Gasteiger partial charge in [-0.15, -0.1) is 0 Å². The lowest BCUT2D eigenvalue weighted by Crippen LogP contribution is -2.30. The third-order valence-electron chi connectivity index (χ3n) is 2.46. The quantitative estimate of drug-likeness (QED) is 0.776. The third-order valence-corrected chi connectivity index (χ3v) is 3.55. The third kappa shape index (κ3) is 5.55. The van der Waals surface area contributed by atoms with Crippen LogP contribution in [-0.2, 0) is 12.2 Å². The van der Waals surface area contributed by atoms with Crippen LogP contribution in [0.5, 0.6) is 0 Å². The summed E-state index contributed by atoms with van der Waals surface area (Å²) in [5, 5.41) is 8.01. The second kappa shape index (κ2) is 7.71. The molecule has 1 aromatic rings. The number of thioether (sulfide) groups is 1. The van der Waals surface area contributed by atoms with Gasteiger partial charge in [0.15, 0.2) is 5.82 Å². The summed E-state index contributed by atoms with van der Waals surface area (Å²) < 4.78 is 5.26. The molecule has 1 heterocycles. The molecular weight excluding hydrogens is 234 g/mol. The lowest BCUT2D eigenvalue weighted by atomic mass is 10.1. The Morgan fingerprint density at radius 3 is 2.71 bits per heavy atom. The molecule has 1 rings (SSSR count). The van der Waals surface area contributed by atoms with Gasteiger partial charge < -0.3 is 9.84 Å². The zero-order valence-corrected chi connectivity index (χ0v) is 12.0. The van der Waals surface area contributed by atoms with Crippen LogP contribution >= 0.6 is 11.8 Å². The Morgan fingerprint density at radius 2 is 2.12 bits per heavy atom. The predicted molar refractivity (Wildman–Crippen MR) is 72.2 cm³/mol. The molecule has 0 amide bonds. The molecule has 4 nitrogen and oxygen atoms in total. The molecule has 5 heteroatoms. The van der Waals surface area contributed by atoms with Crippen LogP contribution in [-0.4, -0.2) is 28.0 Å². The van der Waals surface area contributed by atoms with Gasteiger partial charge in [-0.25, -0.2) is 0 Å². The van der Waals surface area contributed by atoms with E-state index in [1.54, 1.807) is 0 Å². The molecule has 98 valence electrons. The molecule has 0 saturated heterocycles. The van der Waals surface area contributed by atoms with E-state index in [2.05, 4.69) is 43.2 Å². The average Bonchev–Trinajstić information content (AvgIpc) is 2.73. The molecule has 0 fully saturated rings. The molecular formula is C12H23N3OS. The van der Waals surface area contributed by atoms with Crippen molar-refractivity contribution in [2.24, 2.45) is 0 Å². The molecule has 1 aromatic heterocycles. The van der Waals surface area contributed by atoms with Gasteiger partial charge in [0.1, 0.15) is 0 Å². The van der Waals surface area contributed by atoms with Crippen LogP contribution in [0.3, 0.4) is 0 Å². The highest BCUT2D eigenvalue weighted by Crippen LogP contribution is 2.15. The number of hydrogen-bond acceptors (Lipinski definition) is 5. The minimum Gasteiger partial charge on any atom is -0.339 e. The van der Waals surface area contributed by atoms with E-state index >= 15 is 0 Å². The first-order valence-electron chi connectivity index (χ1n) is 6.32. The predicted octanol–water partition coefficient (Wildman–Crippen LogP) is 2.64. The number of rotatable bonds is 8. The summed E-state index contributed by atoms with van der Waals surface area (Å²) in [5.41, 5.74) is 0. The van der Waals surface area contributed by atoms with Crippen molar-refractivity contribution in [3.63, 3.8) is 0 Å². The first-order chi connectivity index (χ1) is 8.15. The number of nitrogens with zero attached hydrogens (tertiary/aromatic N) is 2. The highest BCUT2D eigenvalue weighted by atomic mass is 32.2. The van der Waals surface area contributed by atoms with Gasteiger partial charge in [-0.3, -0.25) is 0 Å². The Kier molecular flexibility index (Phi) is 6.58. The van der Waals surface area contributed by atoms with E-state index in [4.69, 9.17) is 4.52 Å². The second-order valence-corrected chi connectivity index (χ2v) is 5.90. The molecule has 1 N–H and O–H groups in total. The highest BCUT2D eigenvalue weighted by molar-refractivity contribution is 7.99. The van der Waals surface area contributed by atoms with E-state index in [-0.39, 0.29) is 0 Å². The summed E-state index contributed by atoms with van der Waals surface area (Å²) in [4.78, 5) is 4.41. The summed E-state index contributed by atoms with van der Waals surface area (Å²) >= 11 is 1.83. The second-order valence-electron chi connectivity index (χ2n) is 4.33. The normalized spacial score (nSPS) is 13.2. The molecule has 0 saturated carbocycles. The van der Waals surface area contributed by atoms with Crippen molar-refractivity contribution in [2.45, 2.75) is 57.6 Å². The van der Waals surface area contributed by atoms with Crippen molar-refractivity contribution in [3.05, 3.63) is 11.7 Å². The van der Waals surface area contributed by atoms with Crippen molar-refractivity contribution in [2.75, 3.05) is 6.54 Å². The molecule has 1 atom stereocenters. The van der Waals surface area contributed by atoms with Crippen LogP contribution in [0.15, 0.2) is 4.52 Å². The van der Waals surface area contributed by atoms with E-state index in [1.807, 2.05) is 11.8 Å². The molecule has 0 aliphatic heterocycles. The van der Waals surface area contributed by atoms with Crippen LogP contribution in [0.1, 0.15) is 45.8 Å². The van der Waals surface area contributed by atoms with Crippen LogP contribution in [0.25, 0.3) is 0 Å². The number of aromatic nitrogens is 2. The fraction of sp³-hybridized carbons (Fsp3) is 0.833. The molecule has 0 aromatic carbocycles. The molecule has 0 spiro atoms. The first-order valence-corrected chi connectivity index (χ1v) is 7.37. The van der Waals surface area contributed by atoms with Crippen LogP contribution < -0.4 is 5.32 Å². The van der Waals surface area contributed by atoms with Gasteiger partial charge in [0.25, 0.3) is 0 Å². The minimum absolute atomic E-state index is 0.436. The Balaban J connectivity index is 2.44. The van der Waals surface area contributed by atoms with E-state index in [0.29, 0.717) is 11.3 Å². The monoisotopic (exact) mass is 257 g/mol. The Labute approximate surface area is 108 Å². The smallest absolute Gasteiger partial charge is 0.228 e. The van der Waals surface area contributed by atoms with E-state index in [9.17, 15) is 0 Å². The molecule has 0 bridgehead atoms. The Morgan fingerprint density at radius 1 is 1.35 bits per heavy atom. The largest absolute Gasteiger partial charge is 0.339 e. The van der Waals surface area contributed by atoms with E-state index in [1.165, 1.54) is 0 Å². The number of nitrogens with one attached hydrogen (secondary N) is 1. The van der Waals surface area contributed by atoms with Gasteiger partial charge >= 0.3 is 0 Å². The number of hydrogen-bond donors (Lipinski definition) is 1. The zero-order chi connectivity index (χ0) is 12.7. The van der Waals surface area contributed by atoms with Gasteiger partial charge in [-0.1, -0.05) is 32.9 Å². The van der Waals surface area contributed by atoms with Gasteiger partial charge in [-0.2, -0.15) is 16.7 Å². The average molecular weight is 257 g/mol. The number of likely N-dealkylation sites (N-methyl/N-ethyl adjacent to an activating group) is 1.